The Balaban J connectivity index is 0. The van der Waals surface area contributed by atoms with Crippen LogP contribution in [0.25, 0.3) is 0 Å². The molecule has 0 rings (SSSR count). The van der Waals surface area contributed by atoms with Gasteiger partial charge in [0.1, 0.15) is 0 Å². The summed E-state index contributed by atoms with van der Waals surface area (Å²) in [7, 11) is 4.76. The van der Waals surface area contributed by atoms with Gasteiger partial charge >= 0.3 is 27.0 Å². The van der Waals surface area contributed by atoms with E-state index in [-0.39, 0.29) is 6.42 Å². The fourth-order valence-corrected chi connectivity index (χ4v) is 0.246. The minimum absolute atomic E-state index is 0.0799. The van der Waals surface area contributed by atoms with E-state index in [2.05, 4.69) is 0 Å². The topological polar surface area (TPSA) is 66.2 Å². The van der Waals surface area contributed by atoms with E-state index in [0.717, 1.165) is 17.3 Å². The number of nitrogens with two attached hydrogens (primary N) is 1. The second kappa shape index (κ2) is 11.2. The molecule has 0 spiro atoms. The van der Waals surface area contributed by atoms with Gasteiger partial charge in [-0.05, 0) is 19.4 Å². The molecule has 0 heterocycles. The average Bonchev–Trinajstić information content (AvgIpc) is 1.88. The van der Waals surface area contributed by atoms with Crippen molar-refractivity contribution in [3.8, 4) is 0 Å². The Morgan fingerprint density at radius 2 is 2.11 bits per heavy atom. The van der Waals surface area contributed by atoms with E-state index >= 15 is 0 Å². The Kier molecular flexibility index (Phi) is 15.0. The molecule has 0 aromatic rings. The molecule has 0 aliphatic heterocycles. The fourth-order valence-electron chi connectivity index (χ4n) is 0.246. The quantitative estimate of drug-likeness (QED) is 0.608. The predicted molar refractivity (Wildman–Crippen MR) is 29.1 cm³/mol. The number of hydrogen-bond donors (Lipinski definition) is 1. The van der Waals surface area contributed by atoms with E-state index in [1.165, 1.54) is 0 Å². The van der Waals surface area contributed by atoms with Gasteiger partial charge in [0.2, 0.25) is 0 Å². The van der Waals surface area contributed by atoms with Crippen LogP contribution in [0.15, 0.2) is 0 Å². The molecule has 0 amide bonds. The first kappa shape index (κ1) is 12.1. The predicted octanol–water partition coefficient (Wildman–Crippen LogP) is -0.838. The van der Waals surface area contributed by atoms with E-state index < -0.39 is 5.97 Å². The van der Waals surface area contributed by atoms with Crippen LogP contribution in [-0.4, -0.2) is 12.5 Å². The third-order valence-corrected chi connectivity index (χ3v) is 0.585. The maximum absolute atomic E-state index is 9.59. The molecule has 0 aromatic carbocycles. The van der Waals surface area contributed by atoms with Crippen molar-refractivity contribution >= 4 is 15.7 Å². The molecule has 0 aliphatic rings. The molecule has 3 nitrogen and oxygen atoms in total. The van der Waals surface area contributed by atoms with Gasteiger partial charge in [0.15, 0.2) is 0 Å². The first-order valence-electron chi connectivity index (χ1n) is 2.44. The van der Waals surface area contributed by atoms with Crippen LogP contribution < -0.4 is 10.8 Å². The summed E-state index contributed by atoms with van der Waals surface area (Å²) in [5.41, 5.74) is 4.99. The molecule has 0 aromatic heterocycles. The minimum atomic E-state index is -1.02. The van der Waals surface area contributed by atoms with E-state index in [0.29, 0.717) is 13.0 Å². The fraction of sp³-hybridized carbons (Fsp3) is 0.750. The number of carboxylic acid groups (broad SMARTS) is 1. The van der Waals surface area contributed by atoms with Crippen LogP contribution in [0.5, 0.6) is 0 Å². The zero-order valence-corrected chi connectivity index (χ0v) is 8.82. The normalized spacial score (nSPS) is 7.56. The average molecular weight is 203 g/mol. The zero-order valence-electron chi connectivity index (χ0n) is 5.10. The second-order valence-electron chi connectivity index (χ2n) is 1.26. The van der Waals surface area contributed by atoms with Crippen molar-refractivity contribution in [1.82, 2.24) is 0 Å². The molecule has 0 atom stereocenters. The van der Waals surface area contributed by atoms with Gasteiger partial charge in [-0.3, -0.25) is 0 Å². The number of hydrogen-bond acceptors (Lipinski definition) is 3. The molecule has 0 saturated heterocycles. The summed E-state index contributed by atoms with van der Waals surface area (Å²) in [6, 6.07) is 0. The van der Waals surface area contributed by atoms with E-state index in [4.69, 9.17) is 15.4 Å². The third kappa shape index (κ3) is 17.8. The molecule has 50 valence electrons. The van der Waals surface area contributed by atoms with Gasteiger partial charge in [-0.15, -0.1) is 0 Å². The number of rotatable bonds is 3. The molecule has 0 fully saturated rings. The molecule has 0 bridgehead atoms. The molecular weight excluding hydrogens is 195 g/mol. The Labute approximate surface area is 68.3 Å². The summed E-state index contributed by atoms with van der Waals surface area (Å²) in [5.74, 6) is -1.02. The third-order valence-electron chi connectivity index (χ3n) is 0.585. The van der Waals surface area contributed by atoms with Crippen molar-refractivity contribution < 1.29 is 27.2 Å². The summed E-state index contributed by atoms with van der Waals surface area (Å²) >= 11 is 0.847. The molecule has 9 heavy (non-hydrogen) atoms. The number of carboxylic acids is 1. The van der Waals surface area contributed by atoms with Gasteiger partial charge in [-0.25, -0.2) is 0 Å². The Morgan fingerprint density at radius 3 is 2.22 bits per heavy atom. The molecule has 2 N–H and O–H groups in total. The Hall–Kier alpha value is 0.343. The van der Waals surface area contributed by atoms with Gasteiger partial charge in [-0.2, -0.15) is 0 Å². The Bertz CT molecular complexity index is 71.6. The summed E-state index contributed by atoms with van der Waals surface area (Å²) < 4.78 is 0. The molecule has 0 radical (unpaired) electrons. The van der Waals surface area contributed by atoms with Gasteiger partial charge in [0, 0.05) is 5.97 Å². The maximum atomic E-state index is 9.59. The number of aliphatic carboxylic acids is 1. The van der Waals surface area contributed by atoms with Crippen molar-refractivity contribution in [3.63, 3.8) is 0 Å². The van der Waals surface area contributed by atoms with Gasteiger partial charge < -0.3 is 15.6 Å². The van der Waals surface area contributed by atoms with Crippen LogP contribution in [0.1, 0.15) is 12.8 Å². The standard InChI is InChI=1S/C4H9NO2.ClH.Zn/c5-3-1-2-4(6)7;;/h1-3,5H2,(H,6,7);1H;/q;;+2/p-2. The molecular formula is C4H8ClNO2Zn. The summed E-state index contributed by atoms with van der Waals surface area (Å²) in [4.78, 5) is 9.59. The van der Waals surface area contributed by atoms with Gasteiger partial charge in [0.05, 0.1) is 0 Å². The number of carbonyl (C=O) groups excluding carboxylic acids is 1. The van der Waals surface area contributed by atoms with Crippen molar-refractivity contribution in [2.45, 2.75) is 12.8 Å². The van der Waals surface area contributed by atoms with Crippen LogP contribution in [-0.2, 0) is 22.1 Å². The van der Waals surface area contributed by atoms with Gasteiger partial charge in [0.25, 0.3) is 0 Å². The SMILES string of the molecule is NCCCC(=O)[O-].[Cl][Zn+]. The zero-order chi connectivity index (χ0) is 7.70. The van der Waals surface area contributed by atoms with Crippen LogP contribution in [0.2, 0.25) is 0 Å². The monoisotopic (exact) mass is 201 g/mol. The van der Waals surface area contributed by atoms with E-state index in [1.54, 1.807) is 0 Å². The van der Waals surface area contributed by atoms with Crippen LogP contribution in [0.4, 0.5) is 0 Å². The van der Waals surface area contributed by atoms with E-state index in [1.807, 2.05) is 0 Å². The first-order chi connectivity index (χ1) is 4.27. The van der Waals surface area contributed by atoms with Crippen molar-refractivity contribution in [3.05, 3.63) is 0 Å². The molecule has 5 heteroatoms. The summed E-state index contributed by atoms with van der Waals surface area (Å²) in [5, 5.41) is 9.59. The number of carbonyl (C=O) groups is 1. The second-order valence-corrected chi connectivity index (χ2v) is 1.26. The van der Waals surface area contributed by atoms with Crippen LogP contribution >= 0.6 is 9.69 Å². The number of halogens is 1. The Morgan fingerprint density at radius 1 is 1.67 bits per heavy atom. The molecule has 0 unspecified atom stereocenters. The van der Waals surface area contributed by atoms with Crippen LogP contribution in [0, 0.1) is 0 Å². The molecule has 0 aliphatic carbocycles. The summed E-state index contributed by atoms with van der Waals surface area (Å²) in [6.45, 7) is 0.425. The van der Waals surface area contributed by atoms with Crippen molar-refractivity contribution in [2.24, 2.45) is 5.73 Å². The molecule has 0 saturated carbocycles. The van der Waals surface area contributed by atoms with Gasteiger partial charge in [-0.1, -0.05) is 0 Å². The van der Waals surface area contributed by atoms with E-state index in [9.17, 15) is 9.90 Å². The van der Waals surface area contributed by atoms with Crippen molar-refractivity contribution in [2.75, 3.05) is 6.54 Å². The van der Waals surface area contributed by atoms with Crippen molar-refractivity contribution in [1.29, 1.82) is 0 Å². The van der Waals surface area contributed by atoms with Crippen LogP contribution in [0.3, 0.4) is 0 Å². The first-order valence-corrected chi connectivity index (χ1v) is 6.34. The summed E-state index contributed by atoms with van der Waals surface area (Å²) in [6.07, 6.45) is 0.596.